The van der Waals surface area contributed by atoms with E-state index in [-0.39, 0.29) is 6.04 Å². The molecule has 4 heteroatoms. The van der Waals surface area contributed by atoms with Crippen molar-refractivity contribution < 1.29 is 4.74 Å². The predicted molar refractivity (Wildman–Crippen MR) is 169 cm³/mol. The molecule has 3 nitrogen and oxygen atoms in total. The third kappa shape index (κ3) is 4.84. The van der Waals surface area contributed by atoms with Gasteiger partial charge in [-0.25, -0.2) is 0 Å². The molecular formula is C36H29BrN2O. The van der Waals surface area contributed by atoms with Gasteiger partial charge in [-0.1, -0.05) is 101 Å². The SMILES string of the molecule is Brc1ccc(COc2ccc3ccccc3c2C=Nc2ccc([C@@H]3Nc4ccccc4[C@@H]4C=CC[C@@H]43)cc2)cc1. The molecule has 0 bridgehead atoms. The molecule has 1 aliphatic heterocycles. The summed E-state index contributed by atoms with van der Waals surface area (Å²) in [6.07, 6.45) is 7.77. The number of para-hydroxylation sites is 1. The molecule has 0 unspecified atom stereocenters. The van der Waals surface area contributed by atoms with Crippen LogP contribution in [0, 0.1) is 5.92 Å². The number of nitrogens with one attached hydrogen (secondary N) is 1. The van der Waals surface area contributed by atoms with E-state index in [0.29, 0.717) is 18.4 Å². The number of benzene rings is 5. The number of anilines is 1. The van der Waals surface area contributed by atoms with E-state index in [2.05, 4.69) is 124 Å². The number of hydrogen-bond donors (Lipinski definition) is 1. The highest BCUT2D eigenvalue weighted by atomic mass is 79.9. The topological polar surface area (TPSA) is 33.6 Å². The molecule has 0 saturated heterocycles. The fraction of sp³-hybridized carbons (Fsp3) is 0.139. The minimum Gasteiger partial charge on any atom is -0.488 e. The van der Waals surface area contributed by atoms with E-state index >= 15 is 0 Å². The Morgan fingerprint density at radius 2 is 1.65 bits per heavy atom. The molecule has 0 fully saturated rings. The van der Waals surface area contributed by atoms with E-state index in [9.17, 15) is 0 Å². The number of rotatable bonds is 6. The molecule has 0 saturated carbocycles. The molecule has 0 amide bonds. The first kappa shape index (κ1) is 24.9. The Labute approximate surface area is 243 Å². The first-order chi connectivity index (χ1) is 19.7. The molecule has 1 aliphatic carbocycles. The van der Waals surface area contributed by atoms with Gasteiger partial charge in [-0.05, 0) is 76.2 Å². The van der Waals surface area contributed by atoms with E-state index in [4.69, 9.17) is 9.73 Å². The highest BCUT2D eigenvalue weighted by Crippen LogP contribution is 2.49. The number of ether oxygens (including phenoxy) is 1. The van der Waals surface area contributed by atoms with E-state index in [1.54, 1.807) is 0 Å². The Morgan fingerprint density at radius 3 is 2.52 bits per heavy atom. The van der Waals surface area contributed by atoms with Gasteiger partial charge in [0.1, 0.15) is 12.4 Å². The van der Waals surface area contributed by atoms with Crippen molar-refractivity contribution in [2.45, 2.75) is 25.0 Å². The highest BCUT2D eigenvalue weighted by molar-refractivity contribution is 9.10. The lowest BCUT2D eigenvalue weighted by molar-refractivity contribution is 0.306. The second kappa shape index (κ2) is 10.8. The quantitative estimate of drug-likeness (QED) is 0.159. The monoisotopic (exact) mass is 584 g/mol. The van der Waals surface area contributed by atoms with Crippen LogP contribution in [0.1, 0.15) is 40.6 Å². The van der Waals surface area contributed by atoms with Crippen molar-refractivity contribution >= 4 is 44.3 Å². The molecule has 1 N–H and O–H groups in total. The Kier molecular flexibility index (Phi) is 6.70. The maximum Gasteiger partial charge on any atom is 0.129 e. The van der Waals surface area contributed by atoms with Crippen LogP contribution in [0.15, 0.2) is 131 Å². The van der Waals surface area contributed by atoms with Gasteiger partial charge in [0, 0.05) is 27.9 Å². The number of nitrogens with zero attached hydrogens (tertiary/aromatic N) is 1. The standard InChI is InChI=1S/C36H29BrN2O/c37-27-17-12-24(13-18-27)23-40-35-21-16-25-6-1-2-7-29(25)33(35)22-38-28-19-14-26(15-20-28)36-32-10-5-9-30(32)31-8-3-4-11-34(31)39-36/h1-9,11-22,30,32,36,39H,10,23H2/t30-,32-,36-/m0/s1. The normalized spacial score (nSPS) is 19.4. The first-order valence-electron chi connectivity index (χ1n) is 13.8. The van der Waals surface area contributed by atoms with Crippen LogP contribution in [0.2, 0.25) is 0 Å². The van der Waals surface area contributed by atoms with Gasteiger partial charge < -0.3 is 10.1 Å². The number of aliphatic imine (C=N–C) groups is 1. The molecule has 5 aromatic rings. The molecule has 2 aliphatic rings. The van der Waals surface area contributed by atoms with Crippen molar-refractivity contribution in [3.8, 4) is 5.75 Å². The van der Waals surface area contributed by atoms with E-state index < -0.39 is 0 Å². The summed E-state index contributed by atoms with van der Waals surface area (Å²) in [5.41, 5.74) is 6.99. The lowest BCUT2D eigenvalue weighted by Gasteiger charge is -2.37. The summed E-state index contributed by atoms with van der Waals surface area (Å²) in [5.74, 6) is 1.83. The van der Waals surface area contributed by atoms with Crippen LogP contribution >= 0.6 is 15.9 Å². The molecule has 3 atom stereocenters. The molecule has 0 spiro atoms. The van der Waals surface area contributed by atoms with Gasteiger partial charge in [0.05, 0.1) is 11.7 Å². The molecule has 7 rings (SSSR count). The molecule has 1 heterocycles. The molecule has 5 aromatic carbocycles. The third-order valence-electron chi connectivity index (χ3n) is 8.11. The van der Waals surface area contributed by atoms with Gasteiger partial charge >= 0.3 is 0 Å². The van der Waals surface area contributed by atoms with E-state index in [1.165, 1.54) is 22.2 Å². The van der Waals surface area contributed by atoms with Crippen molar-refractivity contribution in [2.24, 2.45) is 10.9 Å². The van der Waals surface area contributed by atoms with Crippen molar-refractivity contribution in [1.82, 2.24) is 0 Å². The Morgan fingerprint density at radius 1 is 0.850 bits per heavy atom. The number of hydrogen-bond acceptors (Lipinski definition) is 3. The summed E-state index contributed by atoms with van der Waals surface area (Å²) < 4.78 is 7.37. The van der Waals surface area contributed by atoms with Crippen LogP contribution in [0.5, 0.6) is 5.75 Å². The Hall–Kier alpha value is -4.15. The number of allylic oxidation sites excluding steroid dienone is 2. The molecule has 196 valence electrons. The van der Waals surface area contributed by atoms with Crippen molar-refractivity contribution in [2.75, 3.05) is 5.32 Å². The van der Waals surface area contributed by atoms with Crippen LogP contribution in [0.4, 0.5) is 11.4 Å². The maximum atomic E-state index is 6.31. The van der Waals surface area contributed by atoms with Crippen LogP contribution in [0.3, 0.4) is 0 Å². The van der Waals surface area contributed by atoms with Gasteiger partial charge in [-0.2, -0.15) is 0 Å². The van der Waals surface area contributed by atoms with Crippen molar-refractivity contribution in [3.63, 3.8) is 0 Å². The van der Waals surface area contributed by atoms with Gasteiger partial charge in [0.2, 0.25) is 0 Å². The molecular weight excluding hydrogens is 556 g/mol. The smallest absolute Gasteiger partial charge is 0.129 e. The van der Waals surface area contributed by atoms with Gasteiger partial charge in [-0.3, -0.25) is 4.99 Å². The largest absolute Gasteiger partial charge is 0.488 e. The fourth-order valence-corrected chi connectivity index (χ4v) is 6.32. The fourth-order valence-electron chi connectivity index (χ4n) is 6.06. The summed E-state index contributed by atoms with van der Waals surface area (Å²) in [5, 5.41) is 6.11. The summed E-state index contributed by atoms with van der Waals surface area (Å²) in [4.78, 5) is 4.90. The zero-order valence-corrected chi connectivity index (χ0v) is 23.6. The number of fused-ring (bicyclic) bond motifs is 4. The minimum absolute atomic E-state index is 0.282. The van der Waals surface area contributed by atoms with Gasteiger partial charge in [0.15, 0.2) is 0 Å². The van der Waals surface area contributed by atoms with E-state index in [0.717, 1.165) is 38.8 Å². The van der Waals surface area contributed by atoms with E-state index in [1.807, 2.05) is 24.4 Å². The minimum atomic E-state index is 0.282. The lowest BCUT2D eigenvalue weighted by Crippen LogP contribution is -2.28. The lowest BCUT2D eigenvalue weighted by atomic mass is 9.77. The first-order valence-corrected chi connectivity index (χ1v) is 14.6. The van der Waals surface area contributed by atoms with Crippen molar-refractivity contribution in [1.29, 1.82) is 0 Å². The summed E-state index contributed by atoms with van der Waals surface area (Å²) in [6, 6.07) is 38.5. The average molecular weight is 586 g/mol. The summed E-state index contributed by atoms with van der Waals surface area (Å²) >= 11 is 3.50. The third-order valence-corrected chi connectivity index (χ3v) is 8.63. The van der Waals surface area contributed by atoms with Gasteiger partial charge in [-0.15, -0.1) is 0 Å². The second-order valence-corrected chi connectivity index (χ2v) is 11.4. The van der Waals surface area contributed by atoms with Crippen molar-refractivity contribution in [3.05, 3.63) is 148 Å². The highest BCUT2D eigenvalue weighted by Gasteiger charge is 2.37. The van der Waals surface area contributed by atoms with Crippen LogP contribution in [-0.2, 0) is 6.61 Å². The average Bonchev–Trinajstić information content (AvgIpc) is 3.50. The van der Waals surface area contributed by atoms with Crippen LogP contribution in [-0.4, -0.2) is 6.21 Å². The summed E-state index contributed by atoms with van der Waals surface area (Å²) in [6.45, 7) is 0.496. The molecule has 0 radical (unpaired) electrons. The van der Waals surface area contributed by atoms with Crippen LogP contribution in [0.25, 0.3) is 10.8 Å². The number of halogens is 1. The zero-order valence-electron chi connectivity index (χ0n) is 22.0. The summed E-state index contributed by atoms with van der Waals surface area (Å²) in [7, 11) is 0. The Bertz CT molecular complexity index is 1720. The van der Waals surface area contributed by atoms with Gasteiger partial charge in [0.25, 0.3) is 0 Å². The zero-order chi connectivity index (χ0) is 26.9. The predicted octanol–water partition coefficient (Wildman–Crippen LogP) is 9.76. The Balaban J connectivity index is 1.15. The molecule has 0 aromatic heterocycles. The van der Waals surface area contributed by atoms with Crippen LogP contribution < -0.4 is 10.1 Å². The second-order valence-electron chi connectivity index (χ2n) is 10.5. The maximum absolute atomic E-state index is 6.31. The molecule has 40 heavy (non-hydrogen) atoms.